The zero-order valence-corrected chi connectivity index (χ0v) is 20.1. The third kappa shape index (κ3) is 3.60. The van der Waals surface area contributed by atoms with Crippen molar-refractivity contribution in [3.8, 4) is 11.5 Å². The molecule has 7 nitrogen and oxygen atoms in total. The number of benzene rings is 3. The average molecular weight is 466 g/mol. The van der Waals surface area contributed by atoms with Gasteiger partial charge in [-0.3, -0.25) is 14.1 Å². The molecule has 0 atom stereocenters. The van der Waals surface area contributed by atoms with Gasteiger partial charge in [0, 0.05) is 50.5 Å². The van der Waals surface area contributed by atoms with Gasteiger partial charge in [0.2, 0.25) is 0 Å². The average Bonchev–Trinajstić information content (AvgIpc) is 3.51. The van der Waals surface area contributed by atoms with Crippen molar-refractivity contribution in [2.24, 2.45) is 19.1 Å². The Labute approximate surface area is 203 Å². The van der Waals surface area contributed by atoms with Gasteiger partial charge in [-0.1, -0.05) is 18.2 Å². The molecule has 1 aliphatic heterocycles. The number of aryl methyl sites for hydroxylation is 2. The second-order valence-corrected chi connectivity index (χ2v) is 9.09. The minimum Gasteiger partial charge on any atom is -0.457 e. The second kappa shape index (κ2) is 8.20. The summed E-state index contributed by atoms with van der Waals surface area (Å²) in [6.07, 6.45) is 0. The third-order valence-electron chi connectivity index (χ3n) is 6.89. The smallest absolute Gasteiger partial charge is 0.329 e. The fraction of sp³-hybridized carbons (Fsp3) is 0.214. The number of para-hydroxylation sites is 1. The molecule has 6 rings (SSSR count). The first-order valence-electron chi connectivity index (χ1n) is 11.8. The number of rotatable bonds is 5. The zero-order chi connectivity index (χ0) is 24.1. The molecule has 0 radical (unpaired) electrons. The van der Waals surface area contributed by atoms with Gasteiger partial charge >= 0.3 is 5.69 Å². The fourth-order valence-corrected chi connectivity index (χ4v) is 4.92. The van der Waals surface area contributed by atoms with Gasteiger partial charge in [0.1, 0.15) is 17.3 Å². The van der Waals surface area contributed by atoms with Crippen molar-refractivity contribution >= 4 is 27.8 Å². The van der Waals surface area contributed by atoms with E-state index < -0.39 is 0 Å². The summed E-state index contributed by atoms with van der Waals surface area (Å²) >= 11 is 0. The lowest BCUT2D eigenvalue weighted by atomic mass is 10.2. The fourth-order valence-electron chi connectivity index (χ4n) is 4.92. The molecule has 176 valence electrons. The summed E-state index contributed by atoms with van der Waals surface area (Å²) in [5, 5.41) is 1.17. The summed E-state index contributed by atoms with van der Waals surface area (Å²) in [5.41, 5.74) is 4.98. The first-order chi connectivity index (χ1) is 17.0. The summed E-state index contributed by atoms with van der Waals surface area (Å²) < 4.78 is 11.8. The molecule has 0 bridgehead atoms. The van der Waals surface area contributed by atoms with Crippen LogP contribution in [0, 0.1) is 0 Å². The van der Waals surface area contributed by atoms with Crippen molar-refractivity contribution in [3.05, 3.63) is 94.5 Å². The highest BCUT2D eigenvalue weighted by atomic mass is 16.5. The van der Waals surface area contributed by atoms with Crippen LogP contribution in [0.1, 0.15) is 11.3 Å². The summed E-state index contributed by atoms with van der Waals surface area (Å²) in [6, 6.07) is 24.2. The van der Waals surface area contributed by atoms with E-state index in [2.05, 4.69) is 39.7 Å². The SMILES string of the molecule is CN1CCN=C1c1ccc(Oc2ccc3c(c2)n(Cc2cc4ccccc4n2C)c(=O)n3C)cc1. The van der Waals surface area contributed by atoms with Gasteiger partial charge in [0.15, 0.2) is 0 Å². The normalized spacial score (nSPS) is 13.7. The lowest BCUT2D eigenvalue weighted by molar-refractivity contribution is 0.483. The first-order valence-corrected chi connectivity index (χ1v) is 11.8. The van der Waals surface area contributed by atoms with Gasteiger partial charge in [-0.15, -0.1) is 0 Å². The number of ether oxygens (including phenoxy) is 1. The molecule has 0 amide bonds. The maximum Gasteiger partial charge on any atom is 0.329 e. The van der Waals surface area contributed by atoms with Crippen LogP contribution in [0.25, 0.3) is 21.9 Å². The number of hydrogen-bond donors (Lipinski definition) is 0. The number of imidazole rings is 1. The third-order valence-corrected chi connectivity index (χ3v) is 6.89. The quantitative estimate of drug-likeness (QED) is 0.388. The van der Waals surface area contributed by atoms with E-state index in [9.17, 15) is 4.79 Å². The number of fused-ring (bicyclic) bond motifs is 2. The van der Waals surface area contributed by atoms with Crippen LogP contribution < -0.4 is 10.4 Å². The Morgan fingerprint density at radius 3 is 2.34 bits per heavy atom. The number of amidine groups is 1. The minimum absolute atomic E-state index is 0.0479. The van der Waals surface area contributed by atoms with Crippen molar-refractivity contribution in [3.63, 3.8) is 0 Å². The van der Waals surface area contributed by atoms with E-state index in [0.717, 1.165) is 52.5 Å². The van der Waals surface area contributed by atoms with Gasteiger partial charge in [0.25, 0.3) is 0 Å². The van der Waals surface area contributed by atoms with E-state index in [-0.39, 0.29) is 5.69 Å². The summed E-state index contributed by atoms with van der Waals surface area (Å²) in [6.45, 7) is 2.27. The van der Waals surface area contributed by atoms with E-state index in [0.29, 0.717) is 12.3 Å². The molecule has 5 aromatic rings. The molecule has 2 aromatic heterocycles. The van der Waals surface area contributed by atoms with E-state index in [1.165, 1.54) is 5.39 Å². The second-order valence-electron chi connectivity index (χ2n) is 9.09. The predicted octanol–water partition coefficient (Wildman–Crippen LogP) is 4.36. The molecule has 0 unspecified atom stereocenters. The van der Waals surface area contributed by atoms with Gasteiger partial charge in [-0.25, -0.2) is 4.79 Å². The van der Waals surface area contributed by atoms with Crippen molar-refractivity contribution in [2.75, 3.05) is 20.1 Å². The van der Waals surface area contributed by atoms with Crippen LogP contribution in [-0.2, 0) is 20.6 Å². The Bertz CT molecular complexity index is 1650. The van der Waals surface area contributed by atoms with Crippen LogP contribution in [-0.4, -0.2) is 44.6 Å². The largest absolute Gasteiger partial charge is 0.457 e. The zero-order valence-electron chi connectivity index (χ0n) is 20.1. The van der Waals surface area contributed by atoms with Crippen molar-refractivity contribution in [2.45, 2.75) is 6.54 Å². The van der Waals surface area contributed by atoms with Crippen LogP contribution in [0.4, 0.5) is 0 Å². The van der Waals surface area contributed by atoms with Crippen molar-refractivity contribution in [1.29, 1.82) is 0 Å². The number of likely N-dealkylation sites (N-methyl/N-ethyl adjacent to an activating group) is 1. The molecule has 0 aliphatic carbocycles. The van der Waals surface area contributed by atoms with Crippen LogP contribution >= 0.6 is 0 Å². The standard InChI is InChI=1S/C28H27N5O2/c1-30-15-14-29-27(30)19-8-10-22(11-9-19)35-23-12-13-25-26(17-23)33(28(34)32(25)3)18-21-16-20-6-4-5-7-24(20)31(21)2/h4-13,16-17H,14-15,18H2,1-3H3. The molecule has 0 saturated heterocycles. The van der Waals surface area contributed by atoms with E-state index in [1.54, 1.807) is 4.57 Å². The molecule has 0 N–H and O–H groups in total. The lowest BCUT2D eigenvalue weighted by Crippen LogP contribution is -2.23. The van der Waals surface area contributed by atoms with E-state index >= 15 is 0 Å². The Morgan fingerprint density at radius 1 is 0.829 bits per heavy atom. The van der Waals surface area contributed by atoms with Gasteiger partial charge in [0.05, 0.1) is 24.1 Å². The molecule has 35 heavy (non-hydrogen) atoms. The Kier molecular flexibility index (Phi) is 4.99. The van der Waals surface area contributed by atoms with Gasteiger partial charge in [-0.2, -0.15) is 0 Å². The Morgan fingerprint density at radius 2 is 1.60 bits per heavy atom. The predicted molar refractivity (Wildman–Crippen MR) is 140 cm³/mol. The summed E-state index contributed by atoms with van der Waals surface area (Å²) in [4.78, 5) is 19.9. The van der Waals surface area contributed by atoms with Gasteiger partial charge < -0.3 is 14.2 Å². The molecule has 3 heterocycles. The van der Waals surface area contributed by atoms with Crippen LogP contribution in [0.2, 0.25) is 0 Å². The number of aliphatic imine (C=N–C) groups is 1. The van der Waals surface area contributed by atoms with E-state index in [4.69, 9.17) is 4.74 Å². The summed E-state index contributed by atoms with van der Waals surface area (Å²) in [7, 11) is 5.91. The molecular formula is C28H27N5O2. The molecule has 0 saturated carbocycles. The van der Waals surface area contributed by atoms with Crippen LogP contribution in [0.3, 0.4) is 0 Å². The lowest BCUT2D eigenvalue weighted by Gasteiger charge is -2.14. The van der Waals surface area contributed by atoms with Crippen LogP contribution in [0.15, 0.2) is 82.6 Å². The molecule has 0 spiro atoms. The highest BCUT2D eigenvalue weighted by Crippen LogP contribution is 2.27. The van der Waals surface area contributed by atoms with E-state index in [1.807, 2.05) is 73.3 Å². The number of nitrogens with zero attached hydrogens (tertiary/aromatic N) is 5. The Hall–Kier alpha value is -4.26. The van der Waals surface area contributed by atoms with Gasteiger partial charge in [-0.05, 0) is 53.9 Å². The highest BCUT2D eigenvalue weighted by molar-refractivity contribution is 5.99. The number of aromatic nitrogens is 3. The summed E-state index contributed by atoms with van der Waals surface area (Å²) in [5.74, 6) is 2.45. The monoisotopic (exact) mass is 465 g/mol. The van der Waals surface area contributed by atoms with Crippen molar-refractivity contribution < 1.29 is 4.74 Å². The number of hydrogen-bond acceptors (Lipinski definition) is 4. The molecule has 3 aromatic carbocycles. The maximum atomic E-state index is 13.1. The maximum absolute atomic E-state index is 13.1. The highest BCUT2D eigenvalue weighted by Gasteiger charge is 2.16. The van der Waals surface area contributed by atoms with Crippen LogP contribution in [0.5, 0.6) is 11.5 Å². The first kappa shape index (κ1) is 21.3. The molecule has 1 aliphatic rings. The van der Waals surface area contributed by atoms with Crippen molar-refractivity contribution in [1.82, 2.24) is 18.6 Å². The molecular weight excluding hydrogens is 438 g/mol. The molecule has 0 fully saturated rings. The minimum atomic E-state index is -0.0479. The molecule has 7 heteroatoms. The topological polar surface area (TPSA) is 56.7 Å². The Balaban J connectivity index is 1.33.